The quantitative estimate of drug-likeness (QED) is 0.746. The lowest BCUT2D eigenvalue weighted by atomic mass is 9.89. The summed E-state index contributed by atoms with van der Waals surface area (Å²) in [5, 5.41) is 3.35. The standard InChI is InChI=1S/C15H20ClN3O3/c16-11-3-1-2-10(8-11)12(9-13(17)20)19-14(21)15(18)4-6-22-7-5-15/h1-3,8,12H,4-7,9,18H2,(H2,17,20)(H,19,21)/t12-/m1/s1. The minimum Gasteiger partial charge on any atom is -0.381 e. The van der Waals surface area contributed by atoms with Gasteiger partial charge < -0.3 is 21.5 Å². The van der Waals surface area contributed by atoms with Crippen LogP contribution in [0.5, 0.6) is 0 Å². The van der Waals surface area contributed by atoms with Crippen LogP contribution in [0.1, 0.15) is 30.9 Å². The molecule has 0 aliphatic carbocycles. The highest BCUT2D eigenvalue weighted by Crippen LogP contribution is 2.23. The maximum absolute atomic E-state index is 12.5. The Kier molecular flexibility index (Phi) is 5.39. The fourth-order valence-electron chi connectivity index (χ4n) is 2.44. The Bertz CT molecular complexity index is 559. The molecule has 1 aliphatic heterocycles. The first-order valence-electron chi connectivity index (χ1n) is 7.12. The van der Waals surface area contributed by atoms with Gasteiger partial charge in [-0.2, -0.15) is 0 Å². The van der Waals surface area contributed by atoms with Crippen molar-refractivity contribution in [1.29, 1.82) is 0 Å². The Morgan fingerprint density at radius 1 is 1.36 bits per heavy atom. The molecule has 0 aromatic heterocycles. The first-order chi connectivity index (χ1) is 10.4. The maximum atomic E-state index is 12.5. The molecular formula is C15H20ClN3O3. The van der Waals surface area contributed by atoms with Crippen molar-refractivity contribution in [1.82, 2.24) is 5.32 Å². The minimum absolute atomic E-state index is 0.0152. The summed E-state index contributed by atoms with van der Waals surface area (Å²) in [4.78, 5) is 23.8. The van der Waals surface area contributed by atoms with Crippen LogP contribution >= 0.6 is 11.6 Å². The van der Waals surface area contributed by atoms with E-state index in [4.69, 9.17) is 27.8 Å². The lowest BCUT2D eigenvalue weighted by Gasteiger charge is -2.33. The smallest absolute Gasteiger partial charge is 0.240 e. The minimum atomic E-state index is -0.979. The molecule has 0 bridgehead atoms. The van der Waals surface area contributed by atoms with Crippen molar-refractivity contribution in [2.75, 3.05) is 13.2 Å². The number of hydrogen-bond acceptors (Lipinski definition) is 4. The van der Waals surface area contributed by atoms with Crippen LogP contribution in [0.4, 0.5) is 0 Å². The van der Waals surface area contributed by atoms with Crippen LogP contribution in [0.15, 0.2) is 24.3 Å². The Labute approximate surface area is 134 Å². The van der Waals surface area contributed by atoms with Gasteiger partial charge in [0.1, 0.15) is 0 Å². The summed E-state index contributed by atoms with van der Waals surface area (Å²) >= 11 is 5.97. The van der Waals surface area contributed by atoms with E-state index in [2.05, 4.69) is 5.32 Å². The van der Waals surface area contributed by atoms with Crippen molar-refractivity contribution in [2.24, 2.45) is 11.5 Å². The van der Waals surface area contributed by atoms with Crippen LogP contribution in [-0.2, 0) is 14.3 Å². The molecule has 0 saturated carbocycles. The third kappa shape index (κ3) is 4.19. The zero-order chi connectivity index (χ0) is 16.2. The molecule has 5 N–H and O–H groups in total. The van der Waals surface area contributed by atoms with E-state index in [1.807, 2.05) is 0 Å². The summed E-state index contributed by atoms with van der Waals surface area (Å²) in [6.45, 7) is 0.892. The van der Waals surface area contributed by atoms with E-state index in [1.54, 1.807) is 24.3 Å². The van der Waals surface area contributed by atoms with Crippen LogP contribution in [0.3, 0.4) is 0 Å². The lowest BCUT2D eigenvalue weighted by molar-refractivity contribution is -0.130. The van der Waals surface area contributed by atoms with E-state index in [-0.39, 0.29) is 12.3 Å². The van der Waals surface area contributed by atoms with Crippen LogP contribution in [-0.4, -0.2) is 30.6 Å². The Balaban J connectivity index is 2.16. The van der Waals surface area contributed by atoms with E-state index in [0.717, 1.165) is 5.56 Å². The molecule has 120 valence electrons. The van der Waals surface area contributed by atoms with E-state index >= 15 is 0 Å². The number of hydrogen-bond donors (Lipinski definition) is 3. The molecule has 6 nitrogen and oxygen atoms in total. The van der Waals surface area contributed by atoms with Crippen molar-refractivity contribution < 1.29 is 14.3 Å². The van der Waals surface area contributed by atoms with Gasteiger partial charge in [0.2, 0.25) is 11.8 Å². The van der Waals surface area contributed by atoms with Crippen LogP contribution in [0.25, 0.3) is 0 Å². The van der Waals surface area contributed by atoms with Gasteiger partial charge in [0.15, 0.2) is 0 Å². The highest BCUT2D eigenvalue weighted by atomic mass is 35.5. The number of carbonyl (C=O) groups excluding carboxylic acids is 2. The number of ether oxygens (including phenoxy) is 1. The SMILES string of the molecule is NC(=O)C[C@@H](NC(=O)C1(N)CCOCC1)c1cccc(Cl)c1. The molecular weight excluding hydrogens is 306 g/mol. The van der Waals surface area contributed by atoms with Crippen molar-refractivity contribution >= 4 is 23.4 Å². The van der Waals surface area contributed by atoms with Crippen LogP contribution in [0.2, 0.25) is 5.02 Å². The molecule has 0 spiro atoms. The largest absolute Gasteiger partial charge is 0.381 e. The number of nitrogens with two attached hydrogens (primary N) is 2. The van der Waals surface area contributed by atoms with Gasteiger partial charge in [0.25, 0.3) is 0 Å². The second kappa shape index (κ2) is 7.09. The van der Waals surface area contributed by atoms with Gasteiger partial charge in [-0.25, -0.2) is 0 Å². The number of nitrogens with one attached hydrogen (secondary N) is 1. The predicted octanol–water partition coefficient (Wildman–Crippen LogP) is 0.881. The summed E-state index contributed by atoms with van der Waals surface area (Å²) in [5.74, 6) is -0.814. The zero-order valence-electron chi connectivity index (χ0n) is 12.2. The third-order valence-corrected chi connectivity index (χ3v) is 4.03. The van der Waals surface area contributed by atoms with Gasteiger partial charge >= 0.3 is 0 Å². The van der Waals surface area contributed by atoms with Crippen LogP contribution in [0, 0.1) is 0 Å². The van der Waals surface area contributed by atoms with E-state index < -0.39 is 17.5 Å². The fraction of sp³-hybridized carbons (Fsp3) is 0.467. The maximum Gasteiger partial charge on any atom is 0.240 e. The van der Waals surface area contributed by atoms with E-state index in [1.165, 1.54) is 0 Å². The Hall–Kier alpha value is -1.63. The third-order valence-electron chi connectivity index (χ3n) is 3.80. The molecule has 2 amide bonds. The topological polar surface area (TPSA) is 107 Å². The van der Waals surface area contributed by atoms with Gasteiger partial charge in [-0.15, -0.1) is 0 Å². The lowest BCUT2D eigenvalue weighted by Crippen LogP contribution is -2.57. The van der Waals surface area contributed by atoms with Gasteiger partial charge in [-0.3, -0.25) is 9.59 Å². The normalized spacial score (nSPS) is 18.5. The first-order valence-corrected chi connectivity index (χ1v) is 7.50. The van der Waals surface area contributed by atoms with Crippen molar-refractivity contribution in [2.45, 2.75) is 30.8 Å². The monoisotopic (exact) mass is 325 g/mol. The average molecular weight is 326 g/mol. The summed E-state index contributed by atoms with van der Waals surface area (Å²) < 4.78 is 5.23. The fourth-order valence-corrected chi connectivity index (χ4v) is 2.64. The van der Waals surface area contributed by atoms with E-state index in [0.29, 0.717) is 31.1 Å². The summed E-state index contributed by atoms with van der Waals surface area (Å²) in [6.07, 6.45) is 0.869. The summed E-state index contributed by atoms with van der Waals surface area (Å²) in [7, 11) is 0. The predicted molar refractivity (Wildman–Crippen MR) is 83.1 cm³/mol. The average Bonchev–Trinajstić information content (AvgIpc) is 2.47. The highest BCUT2D eigenvalue weighted by molar-refractivity contribution is 6.30. The summed E-state index contributed by atoms with van der Waals surface area (Å²) in [6, 6.07) is 6.41. The second-order valence-corrected chi connectivity index (χ2v) is 5.96. The number of carbonyl (C=O) groups is 2. The number of halogens is 1. The second-order valence-electron chi connectivity index (χ2n) is 5.52. The van der Waals surface area contributed by atoms with Crippen molar-refractivity contribution in [3.63, 3.8) is 0 Å². The van der Waals surface area contributed by atoms with Gasteiger partial charge in [-0.1, -0.05) is 23.7 Å². The molecule has 1 aromatic rings. The summed E-state index contributed by atoms with van der Waals surface area (Å²) in [5.41, 5.74) is 11.2. The molecule has 1 aromatic carbocycles. The Morgan fingerprint density at radius 2 is 2.05 bits per heavy atom. The molecule has 22 heavy (non-hydrogen) atoms. The first kappa shape index (κ1) is 16.7. The van der Waals surface area contributed by atoms with Gasteiger partial charge in [-0.05, 0) is 30.5 Å². The Morgan fingerprint density at radius 3 is 2.64 bits per heavy atom. The molecule has 1 heterocycles. The molecule has 1 saturated heterocycles. The molecule has 1 atom stereocenters. The van der Waals surface area contributed by atoms with Crippen LogP contribution < -0.4 is 16.8 Å². The molecule has 0 unspecified atom stereocenters. The number of rotatable bonds is 5. The zero-order valence-corrected chi connectivity index (χ0v) is 12.9. The van der Waals surface area contributed by atoms with Gasteiger partial charge in [0, 0.05) is 18.2 Å². The van der Waals surface area contributed by atoms with E-state index in [9.17, 15) is 9.59 Å². The molecule has 7 heteroatoms. The highest BCUT2D eigenvalue weighted by Gasteiger charge is 2.37. The number of primary amides is 1. The number of amides is 2. The molecule has 1 fully saturated rings. The van der Waals surface area contributed by atoms with Gasteiger partial charge in [0.05, 0.1) is 18.0 Å². The van der Waals surface area contributed by atoms with Crippen molar-refractivity contribution in [3.05, 3.63) is 34.9 Å². The number of benzene rings is 1. The van der Waals surface area contributed by atoms with Crippen molar-refractivity contribution in [3.8, 4) is 0 Å². The molecule has 1 aliphatic rings. The molecule has 2 rings (SSSR count). The molecule has 0 radical (unpaired) electrons.